The molecule has 5 heteroatoms. The third-order valence-corrected chi connectivity index (χ3v) is 3.49. The molecule has 0 amide bonds. The SMILES string of the molecule is FC(F)(F)c1ccc(Br)c(CN2CCC2)c1. The molecule has 0 N–H and O–H groups in total. The molecule has 0 aromatic heterocycles. The zero-order chi connectivity index (χ0) is 11.8. The molecule has 0 spiro atoms. The number of halogens is 4. The lowest BCUT2D eigenvalue weighted by atomic mass is 10.1. The van der Waals surface area contributed by atoms with Crippen LogP contribution in [0, 0.1) is 0 Å². The molecular formula is C11H11BrF3N. The quantitative estimate of drug-likeness (QED) is 0.804. The van der Waals surface area contributed by atoms with Crippen molar-refractivity contribution in [2.45, 2.75) is 19.1 Å². The van der Waals surface area contributed by atoms with Crippen LogP contribution < -0.4 is 0 Å². The lowest BCUT2D eigenvalue weighted by molar-refractivity contribution is -0.137. The average molecular weight is 294 g/mol. The van der Waals surface area contributed by atoms with E-state index in [9.17, 15) is 13.2 Å². The number of benzene rings is 1. The van der Waals surface area contributed by atoms with Crippen molar-refractivity contribution in [1.29, 1.82) is 0 Å². The number of likely N-dealkylation sites (tertiary alicyclic amines) is 1. The van der Waals surface area contributed by atoms with Gasteiger partial charge in [-0.3, -0.25) is 4.90 Å². The molecule has 88 valence electrons. The van der Waals surface area contributed by atoms with Crippen molar-refractivity contribution >= 4 is 15.9 Å². The molecule has 0 unspecified atom stereocenters. The molecule has 1 aliphatic heterocycles. The largest absolute Gasteiger partial charge is 0.416 e. The Hall–Kier alpha value is -0.550. The Morgan fingerprint density at radius 1 is 1.25 bits per heavy atom. The molecule has 1 saturated heterocycles. The van der Waals surface area contributed by atoms with Gasteiger partial charge in [-0.2, -0.15) is 13.2 Å². The minimum atomic E-state index is -4.26. The molecule has 1 aromatic rings. The summed E-state index contributed by atoms with van der Waals surface area (Å²) < 4.78 is 38.3. The van der Waals surface area contributed by atoms with Crippen molar-refractivity contribution in [1.82, 2.24) is 4.90 Å². The highest BCUT2D eigenvalue weighted by molar-refractivity contribution is 9.10. The normalized spacial score (nSPS) is 17.2. The summed E-state index contributed by atoms with van der Waals surface area (Å²) in [5.74, 6) is 0. The van der Waals surface area contributed by atoms with Gasteiger partial charge >= 0.3 is 6.18 Å². The van der Waals surface area contributed by atoms with E-state index >= 15 is 0 Å². The third-order valence-electron chi connectivity index (χ3n) is 2.72. The van der Waals surface area contributed by atoms with Crippen LogP contribution in [0.25, 0.3) is 0 Å². The lowest BCUT2D eigenvalue weighted by Gasteiger charge is -2.31. The van der Waals surface area contributed by atoms with Crippen molar-refractivity contribution in [2.24, 2.45) is 0 Å². The maximum atomic E-state index is 12.5. The van der Waals surface area contributed by atoms with Crippen molar-refractivity contribution in [3.63, 3.8) is 0 Å². The Balaban J connectivity index is 2.21. The first-order chi connectivity index (χ1) is 7.47. The van der Waals surface area contributed by atoms with Gasteiger partial charge in [-0.15, -0.1) is 0 Å². The minimum absolute atomic E-state index is 0.578. The number of nitrogens with zero attached hydrogens (tertiary/aromatic N) is 1. The Morgan fingerprint density at radius 2 is 1.94 bits per heavy atom. The Morgan fingerprint density at radius 3 is 2.44 bits per heavy atom. The molecule has 1 nitrogen and oxygen atoms in total. The monoisotopic (exact) mass is 293 g/mol. The van der Waals surface area contributed by atoms with Crippen molar-refractivity contribution < 1.29 is 13.2 Å². The minimum Gasteiger partial charge on any atom is -0.299 e. The van der Waals surface area contributed by atoms with Crippen LogP contribution in [0.15, 0.2) is 22.7 Å². The van der Waals surface area contributed by atoms with Crippen molar-refractivity contribution in [3.05, 3.63) is 33.8 Å². The molecule has 0 saturated carbocycles. The highest BCUT2D eigenvalue weighted by Gasteiger charge is 2.31. The molecule has 1 heterocycles. The number of rotatable bonds is 2. The second-order valence-corrected chi connectivity index (χ2v) is 4.79. The van der Waals surface area contributed by atoms with Gasteiger partial charge in [-0.1, -0.05) is 15.9 Å². The van der Waals surface area contributed by atoms with Gasteiger partial charge in [0.25, 0.3) is 0 Å². The first-order valence-electron chi connectivity index (χ1n) is 5.05. The fraction of sp³-hybridized carbons (Fsp3) is 0.455. The van der Waals surface area contributed by atoms with Crippen LogP contribution in [-0.2, 0) is 12.7 Å². The standard InChI is InChI=1S/C11H11BrF3N/c12-10-3-2-9(11(13,14)15)6-8(10)7-16-4-1-5-16/h2-3,6H,1,4-5,7H2. The van der Waals surface area contributed by atoms with Crippen LogP contribution >= 0.6 is 15.9 Å². The molecule has 0 atom stereocenters. The Bertz CT molecular complexity index is 385. The first kappa shape index (κ1) is 11.9. The smallest absolute Gasteiger partial charge is 0.299 e. The van der Waals surface area contributed by atoms with Gasteiger partial charge < -0.3 is 0 Å². The lowest BCUT2D eigenvalue weighted by Crippen LogP contribution is -2.36. The van der Waals surface area contributed by atoms with Crippen LogP contribution in [0.5, 0.6) is 0 Å². The van der Waals surface area contributed by atoms with Gasteiger partial charge in [-0.05, 0) is 43.3 Å². The van der Waals surface area contributed by atoms with E-state index in [1.54, 1.807) is 0 Å². The summed E-state index contributed by atoms with van der Waals surface area (Å²) >= 11 is 3.28. The summed E-state index contributed by atoms with van der Waals surface area (Å²) in [6.07, 6.45) is -3.12. The van der Waals surface area contributed by atoms with E-state index in [4.69, 9.17) is 0 Å². The molecular weight excluding hydrogens is 283 g/mol. The fourth-order valence-corrected chi connectivity index (χ4v) is 2.02. The van der Waals surface area contributed by atoms with Gasteiger partial charge in [0.1, 0.15) is 0 Å². The first-order valence-corrected chi connectivity index (χ1v) is 5.84. The van der Waals surface area contributed by atoms with E-state index in [1.165, 1.54) is 12.1 Å². The zero-order valence-corrected chi connectivity index (χ0v) is 10.1. The second kappa shape index (κ2) is 4.37. The summed E-state index contributed by atoms with van der Waals surface area (Å²) in [4.78, 5) is 2.13. The maximum Gasteiger partial charge on any atom is 0.416 e. The van der Waals surface area contributed by atoms with Crippen LogP contribution in [0.1, 0.15) is 17.5 Å². The summed E-state index contributed by atoms with van der Waals surface area (Å²) in [6, 6.07) is 3.80. The summed E-state index contributed by atoms with van der Waals surface area (Å²) in [5, 5.41) is 0. The number of alkyl halides is 3. The summed E-state index contributed by atoms with van der Waals surface area (Å²) in [7, 11) is 0. The van der Waals surface area contributed by atoms with Gasteiger partial charge in [-0.25, -0.2) is 0 Å². The van der Waals surface area contributed by atoms with Crippen LogP contribution in [0.3, 0.4) is 0 Å². The molecule has 0 aliphatic carbocycles. The zero-order valence-electron chi connectivity index (χ0n) is 8.52. The molecule has 1 fully saturated rings. The maximum absolute atomic E-state index is 12.5. The highest BCUT2D eigenvalue weighted by Crippen LogP contribution is 2.32. The molecule has 0 radical (unpaired) electrons. The van der Waals surface area contributed by atoms with Gasteiger partial charge in [0.05, 0.1) is 5.56 Å². The van der Waals surface area contributed by atoms with E-state index in [0.717, 1.165) is 30.0 Å². The summed E-state index contributed by atoms with van der Waals surface area (Å²) in [6.45, 7) is 2.54. The van der Waals surface area contributed by atoms with E-state index in [-0.39, 0.29) is 0 Å². The second-order valence-electron chi connectivity index (χ2n) is 3.93. The van der Waals surface area contributed by atoms with Crippen LogP contribution in [0.2, 0.25) is 0 Å². The topological polar surface area (TPSA) is 3.24 Å². The van der Waals surface area contributed by atoms with E-state index in [0.29, 0.717) is 12.1 Å². The Kier molecular flexibility index (Phi) is 3.26. The van der Waals surface area contributed by atoms with Crippen molar-refractivity contribution in [3.8, 4) is 0 Å². The predicted molar refractivity (Wildman–Crippen MR) is 59.0 cm³/mol. The fourth-order valence-electron chi connectivity index (χ4n) is 1.65. The van der Waals surface area contributed by atoms with E-state index in [2.05, 4.69) is 20.8 Å². The van der Waals surface area contributed by atoms with Crippen LogP contribution in [0.4, 0.5) is 13.2 Å². The molecule has 0 bridgehead atoms. The van der Waals surface area contributed by atoms with E-state index < -0.39 is 11.7 Å². The van der Waals surface area contributed by atoms with Crippen LogP contribution in [-0.4, -0.2) is 18.0 Å². The molecule has 1 aliphatic rings. The highest BCUT2D eigenvalue weighted by atomic mass is 79.9. The van der Waals surface area contributed by atoms with E-state index in [1.807, 2.05) is 0 Å². The Labute approximate surface area is 100 Å². The molecule has 1 aromatic carbocycles. The molecule has 2 rings (SSSR count). The number of hydrogen-bond acceptors (Lipinski definition) is 1. The average Bonchev–Trinajstić information content (AvgIpc) is 2.11. The molecule has 16 heavy (non-hydrogen) atoms. The van der Waals surface area contributed by atoms with Gasteiger partial charge in [0.15, 0.2) is 0 Å². The number of hydrogen-bond donors (Lipinski definition) is 0. The summed E-state index contributed by atoms with van der Waals surface area (Å²) in [5.41, 5.74) is 0.126. The van der Waals surface area contributed by atoms with Crippen molar-refractivity contribution in [2.75, 3.05) is 13.1 Å². The predicted octanol–water partition coefficient (Wildman–Crippen LogP) is 3.67. The third kappa shape index (κ3) is 2.58. The van der Waals surface area contributed by atoms with Gasteiger partial charge in [0, 0.05) is 11.0 Å². The van der Waals surface area contributed by atoms with Gasteiger partial charge in [0.2, 0.25) is 0 Å².